The molecule has 33 heavy (non-hydrogen) atoms. The molecule has 0 saturated heterocycles. The Hall–Kier alpha value is -3.62. The molecule has 0 spiro atoms. The highest BCUT2D eigenvalue weighted by Crippen LogP contribution is 2.30. The first-order chi connectivity index (χ1) is 16.0. The molecule has 7 nitrogen and oxygen atoms in total. The van der Waals surface area contributed by atoms with Gasteiger partial charge in [0.05, 0.1) is 4.90 Å². The van der Waals surface area contributed by atoms with Crippen LogP contribution in [0.2, 0.25) is 0 Å². The quantitative estimate of drug-likeness (QED) is 0.433. The van der Waals surface area contributed by atoms with Crippen molar-refractivity contribution in [3.63, 3.8) is 0 Å². The van der Waals surface area contributed by atoms with Crippen molar-refractivity contribution in [1.29, 1.82) is 0 Å². The van der Waals surface area contributed by atoms with Gasteiger partial charge in [-0.1, -0.05) is 30.3 Å². The van der Waals surface area contributed by atoms with Gasteiger partial charge >= 0.3 is 0 Å². The number of aromatic nitrogens is 2. The molecular weight excluding hydrogens is 436 g/mol. The predicted molar refractivity (Wildman–Crippen MR) is 132 cm³/mol. The summed E-state index contributed by atoms with van der Waals surface area (Å²) in [7, 11) is -3.44. The molecular formula is C25H28N4O3S. The highest BCUT2D eigenvalue weighted by Gasteiger charge is 2.29. The van der Waals surface area contributed by atoms with E-state index in [-0.39, 0.29) is 26.1 Å². The Morgan fingerprint density at radius 2 is 1.70 bits per heavy atom. The summed E-state index contributed by atoms with van der Waals surface area (Å²) in [5.41, 5.74) is 1.70. The van der Waals surface area contributed by atoms with Gasteiger partial charge in [0.15, 0.2) is 0 Å². The normalized spacial score (nSPS) is 13.1. The zero-order valence-corrected chi connectivity index (χ0v) is 18.7. The summed E-state index contributed by atoms with van der Waals surface area (Å²) in [6, 6.07) is 19.7. The third kappa shape index (κ3) is 6.44. The molecule has 1 amide bonds. The average molecular weight is 465 g/mol. The maximum atomic E-state index is 11.9. The highest BCUT2D eigenvalue weighted by atomic mass is 32.2. The van der Waals surface area contributed by atoms with Crippen LogP contribution in [0.4, 0.5) is 5.69 Å². The average Bonchev–Trinajstić information content (AvgIpc) is 3.70. The van der Waals surface area contributed by atoms with Gasteiger partial charge in [-0.3, -0.25) is 14.8 Å². The van der Waals surface area contributed by atoms with Crippen LogP contribution in [0.15, 0.2) is 96.4 Å². The Labute approximate surface area is 195 Å². The summed E-state index contributed by atoms with van der Waals surface area (Å²) in [5.74, 6) is 0.390. The van der Waals surface area contributed by atoms with E-state index in [0.29, 0.717) is 0 Å². The first-order valence-electron chi connectivity index (χ1n) is 10.6. The predicted octanol–water partition coefficient (Wildman–Crippen LogP) is 4.64. The summed E-state index contributed by atoms with van der Waals surface area (Å²) in [4.78, 5) is 19.8. The lowest BCUT2D eigenvalue weighted by molar-refractivity contribution is -0.117. The van der Waals surface area contributed by atoms with Crippen molar-refractivity contribution in [3.05, 3.63) is 97.1 Å². The number of rotatable bonds is 6. The number of sulfonamides is 1. The molecule has 1 saturated carbocycles. The molecule has 1 aliphatic rings. The first-order valence-corrected chi connectivity index (χ1v) is 12.1. The Morgan fingerprint density at radius 3 is 2.42 bits per heavy atom. The lowest BCUT2D eigenvalue weighted by atomic mass is 10.1. The van der Waals surface area contributed by atoms with Gasteiger partial charge in [-0.2, -0.15) is 0 Å². The lowest BCUT2D eigenvalue weighted by Crippen LogP contribution is -2.23. The maximum absolute atomic E-state index is 11.9. The number of benzene rings is 2. The molecule has 2 aromatic carbocycles. The van der Waals surface area contributed by atoms with E-state index in [9.17, 15) is 13.2 Å². The molecule has 0 bridgehead atoms. The minimum atomic E-state index is -3.44. The van der Waals surface area contributed by atoms with E-state index in [0.717, 1.165) is 34.9 Å². The summed E-state index contributed by atoms with van der Waals surface area (Å²) >= 11 is 0. The van der Waals surface area contributed by atoms with Crippen LogP contribution in [-0.4, -0.2) is 24.3 Å². The van der Waals surface area contributed by atoms with Crippen molar-refractivity contribution >= 4 is 32.4 Å². The number of carbonyl (C=O) groups is 1. The van der Waals surface area contributed by atoms with Gasteiger partial charge in [0.2, 0.25) is 15.9 Å². The summed E-state index contributed by atoms with van der Waals surface area (Å²) in [6.07, 6.45) is 8.92. The van der Waals surface area contributed by atoms with Crippen LogP contribution in [0.1, 0.15) is 21.3 Å². The number of amides is 1. The lowest BCUT2D eigenvalue weighted by Gasteiger charge is -2.06. The molecule has 1 aliphatic carbocycles. The fourth-order valence-electron chi connectivity index (χ4n) is 3.11. The number of nitrogens with one attached hydrogen (secondary N) is 2. The summed E-state index contributed by atoms with van der Waals surface area (Å²) < 4.78 is 26.3. The highest BCUT2D eigenvalue weighted by molar-refractivity contribution is 7.89. The zero-order valence-electron chi connectivity index (χ0n) is 17.9. The van der Waals surface area contributed by atoms with Gasteiger partial charge in [0.25, 0.3) is 0 Å². The second kappa shape index (κ2) is 10.3. The van der Waals surface area contributed by atoms with Crippen LogP contribution in [-0.2, 0) is 21.4 Å². The third-order valence-corrected chi connectivity index (χ3v) is 6.52. The topological polar surface area (TPSA) is 101 Å². The van der Waals surface area contributed by atoms with Gasteiger partial charge in [-0.05, 0) is 60.2 Å². The van der Waals surface area contributed by atoms with Gasteiger partial charge in [0.1, 0.15) is 0 Å². The molecule has 0 atom stereocenters. The minimum absolute atomic E-state index is 0. The fourth-order valence-corrected chi connectivity index (χ4v) is 4.15. The molecule has 1 fully saturated rings. The van der Waals surface area contributed by atoms with Crippen LogP contribution in [0.3, 0.4) is 0 Å². The van der Waals surface area contributed by atoms with Gasteiger partial charge in [-0.15, -0.1) is 0 Å². The molecule has 2 aromatic heterocycles. The van der Waals surface area contributed by atoms with Crippen molar-refractivity contribution < 1.29 is 16.1 Å². The van der Waals surface area contributed by atoms with E-state index in [4.69, 9.17) is 0 Å². The monoisotopic (exact) mass is 464 g/mol. The number of fused-ring (bicyclic) bond motifs is 1. The molecule has 0 unspecified atom stereocenters. The van der Waals surface area contributed by atoms with E-state index in [1.165, 1.54) is 0 Å². The smallest absolute Gasteiger partial charge is 0.240 e. The van der Waals surface area contributed by atoms with Crippen LogP contribution in [0.25, 0.3) is 10.8 Å². The summed E-state index contributed by atoms with van der Waals surface area (Å²) in [6.45, 7) is 0.241. The largest absolute Gasteiger partial charge is 0.326 e. The number of hydrogen-bond acceptors (Lipinski definition) is 5. The molecule has 0 aliphatic heterocycles. The van der Waals surface area contributed by atoms with Crippen molar-refractivity contribution in [1.82, 2.24) is 14.7 Å². The van der Waals surface area contributed by atoms with E-state index in [1.54, 1.807) is 55.0 Å². The molecule has 0 radical (unpaired) electrons. The van der Waals surface area contributed by atoms with Crippen molar-refractivity contribution in [2.75, 3.05) is 5.32 Å². The van der Waals surface area contributed by atoms with E-state index < -0.39 is 10.0 Å². The van der Waals surface area contributed by atoms with E-state index in [1.807, 2.05) is 36.5 Å². The molecule has 4 aromatic rings. The van der Waals surface area contributed by atoms with E-state index >= 15 is 0 Å². The molecule has 2 N–H and O–H groups in total. The second-order valence-electron chi connectivity index (χ2n) is 7.70. The standard InChI is InChI=1S/C13H12N2O.C12H12N2O2S.2H2/c16-13(9-1-2-9)15-12-4-3-11-8-14-6-5-10(11)7-12;15-17(16,12-6-2-1-3-7-12)14-10-11-5-4-8-13-9-11;;/h3-9H,1-2H2,(H,15,16);1-9,14H,10H2;2*1H. The van der Waals surface area contributed by atoms with Crippen molar-refractivity contribution in [2.45, 2.75) is 24.3 Å². The van der Waals surface area contributed by atoms with Crippen LogP contribution < -0.4 is 10.0 Å². The van der Waals surface area contributed by atoms with Crippen LogP contribution in [0.5, 0.6) is 0 Å². The third-order valence-electron chi connectivity index (χ3n) is 5.10. The van der Waals surface area contributed by atoms with Gasteiger partial charge < -0.3 is 5.32 Å². The number of pyridine rings is 2. The fraction of sp³-hybridized carbons (Fsp3) is 0.160. The Bertz CT molecular complexity index is 1340. The minimum Gasteiger partial charge on any atom is -0.326 e. The van der Waals surface area contributed by atoms with Gasteiger partial charge in [-0.25, -0.2) is 13.1 Å². The molecule has 172 valence electrons. The van der Waals surface area contributed by atoms with Crippen molar-refractivity contribution in [3.8, 4) is 0 Å². The van der Waals surface area contributed by atoms with Gasteiger partial charge in [0, 0.05) is 51.2 Å². The SMILES string of the molecule is O=C(Nc1ccc2cnccc2c1)C1CC1.O=S(=O)(NCc1cccnc1)c1ccccc1.[HH].[HH]. The van der Waals surface area contributed by atoms with Crippen LogP contribution in [0, 0.1) is 5.92 Å². The number of carbonyl (C=O) groups excluding carboxylic acids is 1. The summed E-state index contributed by atoms with van der Waals surface area (Å²) in [5, 5.41) is 5.13. The first kappa shape index (κ1) is 22.6. The Balaban J connectivity index is 0.000000234. The second-order valence-corrected chi connectivity index (χ2v) is 9.47. The number of anilines is 1. The molecule has 2 heterocycles. The maximum Gasteiger partial charge on any atom is 0.240 e. The molecule has 8 heteroatoms. The Morgan fingerprint density at radius 1 is 0.909 bits per heavy atom. The Kier molecular flexibility index (Phi) is 7.07. The van der Waals surface area contributed by atoms with Crippen molar-refractivity contribution in [2.24, 2.45) is 5.92 Å². The van der Waals surface area contributed by atoms with Crippen LogP contribution >= 0.6 is 0 Å². The zero-order chi connectivity index (χ0) is 23.1. The number of nitrogens with zero attached hydrogens (tertiary/aromatic N) is 2. The molecule has 5 rings (SSSR count). The van der Waals surface area contributed by atoms with E-state index in [2.05, 4.69) is 20.0 Å². The number of hydrogen-bond donors (Lipinski definition) is 2.